The zero-order valence-electron chi connectivity index (χ0n) is 22.2. The third kappa shape index (κ3) is 23.9. The Labute approximate surface area is 211 Å². The maximum absolute atomic E-state index is 10.7. The number of alkyl halides is 3. The fourth-order valence-electron chi connectivity index (χ4n) is 4.15. The second kappa shape index (κ2) is 22.3. The lowest BCUT2D eigenvalue weighted by molar-refractivity contribution is -0.0510. The summed E-state index contributed by atoms with van der Waals surface area (Å²) in [6.07, 6.45) is 30.2. The van der Waals surface area contributed by atoms with Crippen molar-refractivity contribution in [1.82, 2.24) is 0 Å². The van der Waals surface area contributed by atoms with E-state index in [9.17, 15) is 13.2 Å². The van der Waals surface area contributed by atoms with Gasteiger partial charge in [-0.2, -0.15) is 21.6 Å². The Kier molecular flexibility index (Phi) is 23.8. The van der Waals surface area contributed by atoms with Crippen LogP contribution in [-0.2, 0) is 10.1 Å². The van der Waals surface area contributed by atoms with E-state index in [1.807, 2.05) is 0 Å². The molecule has 1 atom stereocenters. The Morgan fingerprint density at radius 2 is 0.765 bits per heavy atom. The van der Waals surface area contributed by atoms with Gasteiger partial charge >= 0.3 is 15.6 Å². The van der Waals surface area contributed by atoms with E-state index in [1.165, 1.54) is 135 Å². The Morgan fingerprint density at radius 1 is 0.559 bits per heavy atom. The van der Waals surface area contributed by atoms with E-state index < -0.39 is 15.6 Å². The molecule has 0 spiro atoms. The molecule has 0 saturated heterocycles. The molecule has 3 nitrogen and oxygen atoms in total. The summed E-state index contributed by atoms with van der Waals surface area (Å²) in [5.41, 5.74) is -5.53. The quantitative estimate of drug-likeness (QED) is 0.0690. The Morgan fingerprint density at radius 3 is 0.971 bits per heavy atom. The van der Waals surface area contributed by atoms with Crippen molar-refractivity contribution in [3.05, 3.63) is 0 Å². The first-order valence-electron chi connectivity index (χ1n) is 13.8. The van der Waals surface area contributed by atoms with Crippen molar-refractivity contribution in [2.24, 2.45) is 0 Å². The third-order valence-corrected chi connectivity index (χ3v) is 7.83. The molecule has 0 aliphatic rings. The van der Waals surface area contributed by atoms with Gasteiger partial charge in [-0.25, -0.2) is 0 Å². The van der Waals surface area contributed by atoms with Crippen LogP contribution in [0.3, 0.4) is 0 Å². The minimum absolute atomic E-state index is 0.556. The molecule has 0 heterocycles. The summed E-state index contributed by atoms with van der Waals surface area (Å²) >= 11 is 0. The summed E-state index contributed by atoms with van der Waals surface area (Å²) in [4.78, 5) is 0. The molecule has 0 aliphatic heterocycles. The fourth-order valence-corrected chi connectivity index (χ4v) is 4.76. The minimum atomic E-state index is -5.84. The number of hydrogen-bond donors (Lipinski definition) is 1. The van der Waals surface area contributed by atoms with Crippen LogP contribution >= 0.6 is 9.24 Å². The molecule has 8 heteroatoms. The van der Waals surface area contributed by atoms with Gasteiger partial charge in [-0.3, -0.25) is 4.55 Å². The van der Waals surface area contributed by atoms with Gasteiger partial charge in [0.15, 0.2) is 0 Å². The van der Waals surface area contributed by atoms with Crippen molar-refractivity contribution >= 4 is 19.4 Å². The first-order valence-corrected chi connectivity index (χ1v) is 15.8. The van der Waals surface area contributed by atoms with E-state index in [0.717, 1.165) is 0 Å². The van der Waals surface area contributed by atoms with Crippen molar-refractivity contribution in [3.8, 4) is 0 Å². The normalized spacial score (nSPS) is 12.5. The molecule has 0 saturated carbocycles. The van der Waals surface area contributed by atoms with Gasteiger partial charge in [0.25, 0.3) is 0 Å². The molecule has 0 rings (SSSR count). The molecule has 0 aliphatic carbocycles. The van der Waals surface area contributed by atoms with Crippen LogP contribution < -0.4 is 0 Å². The minimum Gasteiger partial charge on any atom is -0.279 e. The van der Waals surface area contributed by atoms with Crippen LogP contribution in [0.2, 0.25) is 0 Å². The summed E-state index contributed by atoms with van der Waals surface area (Å²) in [7, 11) is -2.50. The molecule has 0 aromatic heterocycles. The van der Waals surface area contributed by atoms with Gasteiger partial charge in [-0.1, -0.05) is 136 Å². The Hall–Kier alpha value is 0.130. The number of halogens is 3. The molecule has 0 fully saturated rings. The third-order valence-electron chi connectivity index (χ3n) is 6.38. The average Bonchev–Trinajstić information content (AvgIpc) is 2.75. The van der Waals surface area contributed by atoms with Crippen LogP contribution in [0.25, 0.3) is 0 Å². The monoisotopic (exact) mass is 534 g/mol. The highest BCUT2D eigenvalue weighted by Crippen LogP contribution is 2.37. The molecule has 0 radical (unpaired) electrons. The van der Waals surface area contributed by atoms with Crippen LogP contribution in [0.1, 0.15) is 156 Å². The first kappa shape index (κ1) is 36.3. The first-order chi connectivity index (χ1) is 15.9. The zero-order chi connectivity index (χ0) is 26.3. The summed E-state index contributed by atoms with van der Waals surface area (Å²) in [6, 6.07) is 0. The van der Waals surface area contributed by atoms with E-state index in [-0.39, 0.29) is 0 Å². The van der Waals surface area contributed by atoms with Gasteiger partial charge < -0.3 is 0 Å². The molecule has 0 bridgehead atoms. The lowest BCUT2D eigenvalue weighted by Gasteiger charge is -2.30. The van der Waals surface area contributed by atoms with Crippen molar-refractivity contribution in [2.45, 2.75) is 166 Å². The standard InChI is InChI=1S/C25H53P.CHF3O3S/c1-4-7-10-13-16-19-22-25(26,23-20-17-14-11-8-5-2)24-21-18-15-12-9-6-3;2-1(3,4)8(5,6)7/h4-24,26H2,1-3H3;(H,5,6,7). The summed E-state index contributed by atoms with van der Waals surface area (Å²) in [6.45, 7) is 6.94. The summed E-state index contributed by atoms with van der Waals surface area (Å²) < 4.78 is 57.5. The highest BCUT2D eigenvalue weighted by molar-refractivity contribution is 7.86. The van der Waals surface area contributed by atoms with Gasteiger partial charge in [0.05, 0.1) is 0 Å². The molecule has 208 valence electrons. The van der Waals surface area contributed by atoms with Gasteiger partial charge in [0, 0.05) is 0 Å². The maximum Gasteiger partial charge on any atom is 0.522 e. The fraction of sp³-hybridized carbons (Fsp3) is 1.00. The largest absolute Gasteiger partial charge is 0.522 e. The lowest BCUT2D eigenvalue weighted by Crippen LogP contribution is -2.21. The van der Waals surface area contributed by atoms with Crippen LogP contribution in [0.5, 0.6) is 0 Å². The van der Waals surface area contributed by atoms with Crippen LogP contribution in [0.4, 0.5) is 13.2 Å². The Bertz CT molecular complexity index is 499. The van der Waals surface area contributed by atoms with Gasteiger partial charge in [-0.15, -0.1) is 9.24 Å². The molecule has 34 heavy (non-hydrogen) atoms. The lowest BCUT2D eigenvalue weighted by atomic mass is 9.88. The topological polar surface area (TPSA) is 54.4 Å². The Balaban J connectivity index is 0. The van der Waals surface area contributed by atoms with E-state index in [2.05, 4.69) is 30.0 Å². The highest BCUT2D eigenvalue weighted by Gasteiger charge is 2.44. The molecule has 1 N–H and O–H groups in total. The predicted octanol–water partition coefficient (Wildman–Crippen LogP) is 10.2. The van der Waals surface area contributed by atoms with Crippen molar-refractivity contribution in [1.29, 1.82) is 0 Å². The van der Waals surface area contributed by atoms with Gasteiger partial charge in [0.2, 0.25) is 0 Å². The summed E-state index contributed by atoms with van der Waals surface area (Å²) in [5.74, 6) is 0. The van der Waals surface area contributed by atoms with Crippen molar-refractivity contribution < 1.29 is 26.1 Å². The smallest absolute Gasteiger partial charge is 0.279 e. The van der Waals surface area contributed by atoms with E-state index in [4.69, 9.17) is 13.0 Å². The van der Waals surface area contributed by atoms with Crippen molar-refractivity contribution in [2.75, 3.05) is 0 Å². The van der Waals surface area contributed by atoms with E-state index in [1.54, 1.807) is 0 Å². The molecule has 0 aromatic carbocycles. The second-order valence-corrected chi connectivity index (χ2v) is 12.5. The molecule has 0 amide bonds. The summed E-state index contributed by atoms with van der Waals surface area (Å²) in [5, 5.41) is 0.556. The van der Waals surface area contributed by atoms with Crippen LogP contribution in [0, 0.1) is 0 Å². The maximum atomic E-state index is 10.7. The predicted molar refractivity (Wildman–Crippen MR) is 144 cm³/mol. The van der Waals surface area contributed by atoms with Crippen molar-refractivity contribution in [3.63, 3.8) is 0 Å². The van der Waals surface area contributed by atoms with Gasteiger partial charge in [0.1, 0.15) is 0 Å². The molecular formula is C26H54F3O3PS. The molecule has 0 aromatic rings. The molecular weight excluding hydrogens is 480 g/mol. The second-order valence-electron chi connectivity index (χ2n) is 9.84. The van der Waals surface area contributed by atoms with Crippen LogP contribution in [0.15, 0.2) is 0 Å². The van der Waals surface area contributed by atoms with Crippen LogP contribution in [-0.4, -0.2) is 23.6 Å². The van der Waals surface area contributed by atoms with E-state index >= 15 is 0 Å². The van der Waals surface area contributed by atoms with Gasteiger partial charge in [-0.05, 0) is 24.4 Å². The van der Waals surface area contributed by atoms with E-state index in [0.29, 0.717) is 5.16 Å². The number of hydrogen-bond acceptors (Lipinski definition) is 2. The average molecular weight is 535 g/mol. The highest BCUT2D eigenvalue weighted by atomic mass is 32.2. The number of rotatable bonds is 21. The molecule has 1 unspecified atom stereocenters. The zero-order valence-corrected chi connectivity index (χ0v) is 24.2. The number of unbranched alkanes of at least 4 members (excludes halogenated alkanes) is 15. The SMILES string of the molecule is CCCCCCCCC(P)(CCCCCCCC)CCCCCCCC.O=S(=O)(O)C(F)(F)F.